The third-order valence-corrected chi connectivity index (χ3v) is 6.62. The fourth-order valence-corrected chi connectivity index (χ4v) is 4.77. The van der Waals surface area contributed by atoms with Gasteiger partial charge in [-0.25, -0.2) is 9.97 Å². The number of hydrogen-bond acceptors (Lipinski definition) is 6. The highest BCUT2D eigenvalue weighted by molar-refractivity contribution is 5.80. The highest BCUT2D eigenvalue weighted by atomic mass is 16.5. The van der Waals surface area contributed by atoms with Crippen LogP contribution < -0.4 is 10.6 Å². The summed E-state index contributed by atoms with van der Waals surface area (Å²) in [5, 5.41) is 6.62. The minimum atomic E-state index is 0.589. The third kappa shape index (κ3) is 7.38. The Kier molecular flexibility index (Phi) is 9.62. The smallest absolute Gasteiger partial charge is 0.227 e. The van der Waals surface area contributed by atoms with E-state index in [2.05, 4.69) is 44.7 Å². The number of hydrogen-bond donors (Lipinski definition) is 2. The summed E-state index contributed by atoms with van der Waals surface area (Å²) in [7, 11) is 3.46. The molecule has 2 fully saturated rings. The zero-order chi connectivity index (χ0) is 22.8. The van der Waals surface area contributed by atoms with Gasteiger partial charge in [0.15, 0.2) is 0 Å². The average molecular weight is 438 g/mol. The molecule has 1 heterocycles. The highest BCUT2D eigenvalue weighted by Crippen LogP contribution is 2.47. The Bertz CT molecular complexity index is 850. The number of aryl methyl sites for hydroxylation is 1. The number of nitrogens with zero attached hydrogens (tertiary/aromatic N) is 3. The fourth-order valence-electron chi connectivity index (χ4n) is 4.77. The lowest BCUT2D eigenvalue weighted by atomic mass is 9.91. The lowest BCUT2D eigenvalue weighted by Gasteiger charge is -2.15. The predicted octanol–water partition coefficient (Wildman–Crippen LogP) is 5.15. The normalized spacial score (nSPS) is 21.6. The first kappa shape index (κ1) is 24.3. The Morgan fingerprint density at radius 3 is 2.56 bits per heavy atom. The predicted molar refractivity (Wildman–Crippen MR) is 133 cm³/mol. The van der Waals surface area contributed by atoms with Crippen molar-refractivity contribution in [3.63, 3.8) is 0 Å². The van der Waals surface area contributed by atoms with Crippen LogP contribution in [-0.4, -0.2) is 43.5 Å². The zero-order valence-corrected chi connectivity index (χ0v) is 20.1. The van der Waals surface area contributed by atoms with Crippen LogP contribution in [0.2, 0.25) is 0 Å². The van der Waals surface area contributed by atoms with Crippen molar-refractivity contribution >= 4 is 17.9 Å². The molecule has 2 aromatic rings. The second kappa shape index (κ2) is 12.7. The number of ether oxygens (including phenoxy) is 1. The summed E-state index contributed by atoms with van der Waals surface area (Å²) in [5.74, 6) is 3.95. The van der Waals surface area contributed by atoms with Gasteiger partial charge in [-0.3, -0.25) is 4.99 Å². The van der Waals surface area contributed by atoms with E-state index in [1.165, 1.54) is 5.56 Å². The second-order valence-electron chi connectivity index (χ2n) is 9.12. The first-order valence-electron chi connectivity index (χ1n) is 11.9. The molecule has 2 saturated carbocycles. The number of aliphatic imine (C=N–C) groups is 1. The van der Waals surface area contributed by atoms with Crippen LogP contribution in [0, 0.1) is 24.7 Å². The first-order chi connectivity index (χ1) is 15.6. The van der Waals surface area contributed by atoms with Gasteiger partial charge in [-0.05, 0) is 74.6 Å². The van der Waals surface area contributed by atoms with Gasteiger partial charge < -0.3 is 15.4 Å². The molecule has 32 heavy (non-hydrogen) atoms. The van der Waals surface area contributed by atoms with Crippen molar-refractivity contribution in [2.45, 2.75) is 52.5 Å². The lowest BCUT2D eigenvalue weighted by Crippen LogP contribution is -2.16. The molecule has 3 atom stereocenters. The van der Waals surface area contributed by atoms with E-state index in [1.807, 2.05) is 19.1 Å². The van der Waals surface area contributed by atoms with Gasteiger partial charge in [0.05, 0.1) is 5.69 Å². The van der Waals surface area contributed by atoms with E-state index < -0.39 is 0 Å². The standard InChI is InChI=1S/C18H25N5O.C8H14/c1-14-16(12-19-2)13-21-18(22-14)23-17-7-5-15(6-8-17)11-20-9-4-10-24-3;1-6-4-7-2-3-8(6)5-7/h5-8,12-13,20H,4,9-11H2,1-3H3,(H,21,22,23);6-8H,2-5H2,1H3/t;6-,7-,8+/m.0/s1. The Hall–Kier alpha value is -2.31. The van der Waals surface area contributed by atoms with Crippen molar-refractivity contribution in [3.05, 3.63) is 47.3 Å². The molecule has 1 aromatic carbocycles. The molecule has 6 nitrogen and oxygen atoms in total. The molecule has 0 spiro atoms. The van der Waals surface area contributed by atoms with Gasteiger partial charge in [0.25, 0.3) is 0 Å². The van der Waals surface area contributed by atoms with E-state index in [9.17, 15) is 0 Å². The molecule has 0 unspecified atom stereocenters. The summed E-state index contributed by atoms with van der Waals surface area (Å²) in [6.07, 6.45) is 10.8. The monoisotopic (exact) mass is 437 g/mol. The quantitative estimate of drug-likeness (QED) is 0.419. The molecule has 2 bridgehead atoms. The molecule has 4 rings (SSSR count). The van der Waals surface area contributed by atoms with Crippen molar-refractivity contribution in [3.8, 4) is 0 Å². The first-order valence-corrected chi connectivity index (χ1v) is 11.9. The maximum Gasteiger partial charge on any atom is 0.227 e. The van der Waals surface area contributed by atoms with E-state index in [0.717, 1.165) is 60.8 Å². The number of rotatable bonds is 9. The molecular formula is C26H39N5O. The molecule has 2 N–H and O–H groups in total. The minimum absolute atomic E-state index is 0.589. The van der Waals surface area contributed by atoms with Crippen LogP contribution in [0.5, 0.6) is 0 Å². The SMILES string of the molecule is CN=Cc1cnc(Nc2ccc(CNCCCOC)cc2)nc1C.C[C@H]1C[C@@H]2CC[C@@H]1C2. The molecule has 174 valence electrons. The largest absolute Gasteiger partial charge is 0.385 e. The Labute approximate surface area is 193 Å². The van der Waals surface area contributed by atoms with E-state index in [4.69, 9.17) is 4.74 Å². The summed E-state index contributed by atoms with van der Waals surface area (Å²) in [5.41, 5.74) is 4.03. The van der Waals surface area contributed by atoms with Gasteiger partial charge in [0, 0.05) is 51.0 Å². The van der Waals surface area contributed by atoms with Gasteiger partial charge in [-0.1, -0.05) is 25.5 Å². The Morgan fingerprint density at radius 2 is 2.00 bits per heavy atom. The van der Waals surface area contributed by atoms with E-state index in [1.54, 1.807) is 52.3 Å². The zero-order valence-electron chi connectivity index (χ0n) is 20.1. The van der Waals surface area contributed by atoms with Crippen molar-refractivity contribution in [1.29, 1.82) is 0 Å². The molecule has 0 amide bonds. The van der Waals surface area contributed by atoms with Gasteiger partial charge in [0.2, 0.25) is 5.95 Å². The summed E-state index contributed by atoms with van der Waals surface area (Å²) in [4.78, 5) is 12.8. The molecule has 1 aromatic heterocycles. The van der Waals surface area contributed by atoms with Crippen LogP contribution in [0.3, 0.4) is 0 Å². The van der Waals surface area contributed by atoms with Crippen molar-refractivity contribution in [1.82, 2.24) is 15.3 Å². The molecule has 2 aliphatic carbocycles. The Morgan fingerprint density at radius 1 is 1.19 bits per heavy atom. The minimum Gasteiger partial charge on any atom is -0.385 e. The third-order valence-electron chi connectivity index (χ3n) is 6.62. The average Bonchev–Trinajstić information content (AvgIpc) is 3.40. The number of nitrogens with one attached hydrogen (secondary N) is 2. The fraction of sp³-hybridized carbons (Fsp3) is 0.577. The van der Waals surface area contributed by atoms with E-state index in [0.29, 0.717) is 5.95 Å². The number of aromatic nitrogens is 2. The molecule has 0 radical (unpaired) electrons. The molecular weight excluding hydrogens is 398 g/mol. The molecule has 0 saturated heterocycles. The van der Waals surface area contributed by atoms with Crippen LogP contribution in [0.4, 0.5) is 11.6 Å². The summed E-state index contributed by atoms with van der Waals surface area (Å²) >= 11 is 0. The highest BCUT2D eigenvalue weighted by Gasteiger charge is 2.36. The van der Waals surface area contributed by atoms with Crippen LogP contribution >= 0.6 is 0 Å². The maximum absolute atomic E-state index is 5.03. The molecule has 0 aliphatic heterocycles. The summed E-state index contributed by atoms with van der Waals surface area (Å²) in [6, 6.07) is 8.26. The van der Waals surface area contributed by atoms with Gasteiger partial charge in [-0.15, -0.1) is 0 Å². The topological polar surface area (TPSA) is 71.4 Å². The van der Waals surface area contributed by atoms with Crippen molar-refractivity contribution in [2.24, 2.45) is 22.7 Å². The van der Waals surface area contributed by atoms with E-state index in [-0.39, 0.29) is 0 Å². The molecule has 2 aliphatic rings. The number of methoxy groups -OCH3 is 1. The number of anilines is 2. The van der Waals surface area contributed by atoms with Crippen LogP contribution in [0.25, 0.3) is 0 Å². The van der Waals surface area contributed by atoms with Gasteiger partial charge >= 0.3 is 0 Å². The van der Waals surface area contributed by atoms with Gasteiger partial charge in [-0.2, -0.15) is 0 Å². The van der Waals surface area contributed by atoms with Crippen LogP contribution in [-0.2, 0) is 11.3 Å². The van der Waals surface area contributed by atoms with Crippen molar-refractivity contribution < 1.29 is 4.74 Å². The number of fused-ring (bicyclic) bond motifs is 2. The summed E-state index contributed by atoms with van der Waals surface area (Å²) < 4.78 is 5.03. The summed E-state index contributed by atoms with van der Waals surface area (Å²) in [6.45, 7) is 6.96. The Balaban J connectivity index is 0.000000297. The molecule has 6 heteroatoms. The van der Waals surface area contributed by atoms with E-state index >= 15 is 0 Å². The maximum atomic E-state index is 5.03. The van der Waals surface area contributed by atoms with Crippen LogP contribution in [0.15, 0.2) is 35.5 Å². The van der Waals surface area contributed by atoms with Crippen LogP contribution in [0.1, 0.15) is 55.8 Å². The second-order valence-corrected chi connectivity index (χ2v) is 9.12. The lowest BCUT2D eigenvalue weighted by molar-refractivity contribution is 0.194. The van der Waals surface area contributed by atoms with Crippen molar-refractivity contribution in [2.75, 3.05) is 32.6 Å². The van der Waals surface area contributed by atoms with Gasteiger partial charge in [0.1, 0.15) is 0 Å². The number of benzene rings is 1.